The molecule has 1 unspecified atom stereocenters. The average Bonchev–Trinajstić information content (AvgIpc) is 2.31. The molecule has 1 N–H and O–H groups in total. The quantitative estimate of drug-likeness (QED) is 0.893. The molecule has 0 heterocycles. The topological polar surface area (TPSA) is 52.9 Å². The number of rotatable bonds is 4. The van der Waals surface area contributed by atoms with E-state index in [4.69, 9.17) is 16.9 Å². The molecule has 0 radical (unpaired) electrons. The first kappa shape index (κ1) is 13.5. The number of nitrogens with one attached hydrogen (secondary N) is 1. The van der Waals surface area contributed by atoms with Gasteiger partial charge in [-0.2, -0.15) is 5.26 Å². The van der Waals surface area contributed by atoms with Crippen LogP contribution in [0.5, 0.6) is 0 Å². The summed E-state index contributed by atoms with van der Waals surface area (Å²) in [5.74, 6) is -0.221. The predicted molar refractivity (Wildman–Crippen MR) is 68.0 cm³/mol. The summed E-state index contributed by atoms with van der Waals surface area (Å²) in [6, 6.07) is 7.26. The second-order valence-corrected chi connectivity index (χ2v) is 4.26. The molecule has 0 saturated heterocycles. The van der Waals surface area contributed by atoms with Gasteiger partial charge in [0.25, 0.3) is 5.91 Å². The van der Waals surface area contributed by atoms with Crippen molar-refractivity contribution in [3.8, 4) is 6.07 Å². The molecule has 0 aliphatic heterocycles. The van der Waals surface area contributed by atoms with Gasteiger partial charge in [0.15, 0.2) is 0 Å². The molecule has 1 amide bonds. The van der Waals surface area contributed by atoms with Crippen LogP contribution in [0.2, 0.25) is 5.02 Å². The Morgan fingerprint density at radius 1 is 1.59 bits per heavy atom. The van der Waals surface area contributed by atoms with E-state index in [-0.39, 0.29) is 11.9 Å². The molecule has 1 aromatic rings. The van der Waals surface area contributed by atoms with Gasteiger partial charge in [-0.15, -0.1) is 0 Å². The monoisotopic (exact) mass is 250 g/mol. The SMILES string of the molecule is CCC(CC#N)NC(=O)c1cccc(C)c1Cl. The fourth-order valence-corrected chi connectivity index (χ4v) is 1.71. The van der Waals surface area contributed by atoms with E-state index < -0.39 is 0 Å². The highest BCUT2D eigenvalue weighted by Crippen LogP contribution is 2.20. The highest BCUT2D eigenvalue weighted by atomic mass is 35.5. The summed E-state index contributed by atoms with van der Waals surface area (Å²) in [7, 11) is 0. The standard InChI is InChI=1S/C13H15ClN2O/c1-3-10(7-8-15)16-13(17)11-6-4-5-9(2)12(11)14/h4-6,10H,3,7H2,1-2H3,(H,16,17). The first-order chi connectivity index (χ1) is 8.10. The molecule has 0 fully saturated rings. The van der Waals surface area contributed by atoms with Crippen molar-refractivity contribution in [2.24, 2.45) is 0 Å². The summed E-state index contributed by atoms with van der Waals surface area (Å²) < 4.78 is 0. The Morgan fingerprint density at radius 2 is 2.29 bits per heavy atom. The fourth-order valence-electron chi connectivity index (χ4n) is 1.49. The van der Waals surface area contributed by atoms with Gasteiger partial charge >= 0.3 is 0 Å². The Kier molecular flexibility index (Phi) is 4.99. The number of benzene rings is 1. The number of hydrogen-bond acceptors (Lipinski definition) is 2. The normalized spacial score (nSPS) is 11.6. The molecule has 90 valence electrons. The van der Waals surface area contributed by atoms with E-state index in [1.54, 1.807) is 12.1 Å². The second kappa shape index (κ2) is 6.27. The molecule has 0 aromatic heterocycles. The van der Waals surface area contributed by atoms with Gasteiger partial charge in [0.1, 0.15) is 0 Å². The first-order valence-corrected chi connectivity index (χ1v) is 5.90. The lowest BCUT2D eigenvalue weighted by Crippen LogP contribution is -2.34. The van der Waals surface area contributed by atoms with Gasteiger partial charge in [-0.1, -0.05) is 30.7 Å². The lowest BCUT2D eigenvalue weighted by Gasteiger charge is -2.14. The number of hydrogen-bond donors (Lipinski definition) is 1. The van der Waals surface area contributed by atoms with Crippen LogP contribution in [0, 0.1) is 18.3 Å². The molecule has 1 rings (SSSR count). The van der Waals surface area contributed by atoms with Crippen molar-refractivity contribution in [3.63, 3.8) is 0 Å². The summed E-state index contributed by atoms with van der Waals surface area (Å²) in [6.07, 6.45) is 1.04. The van der Waals surface area contributed by atoms with Crippen LogP contribution in [0.25, 0.3) is 0 Å². The number of halogens is 1. The molecule has 0 bridgehead atoms. The average molecular weight is 251 g/mol. The van der Waals surface area contributed by atoms with E-state index in [9.17, 15) is 4.79 Å². The van der Waals surface area contributed by atoms with E-state index in [2.05, 4.69) is 11.4 Å². The molecule has 1 atom stereocenters. The summed E-state index contributed by atoms with van der Waals surface area (Å²) in [5.41, 5.74) is 1.33. The van der Waals surface area contributed by atoms with Crippen molar-refractivity contribution in [2.45, 2.75) is 32.7 Å². The van der Waals surface area contributed by atoms with Crippen LogP contribution >= 0.6 is 11.6 Å². The van der Waals surface area contributed by atoms with E-state index in [0.717, 1.165) is 12.0 Å². The van der Waals surface area contributed by atoms with Gasteiger partial charge in [0, 0.05) is 6.04 Å². The van der Waals surface area contributed by atoms with Crippen LogP contribution < -0.4 is 5.32 Å². The number of carbonyl (C=O) groups is 1. The Morgan fingerprint density at radius 3 is 2.88 bits per heavy atom. The van der Waals surface area contributed by atoms with E-state index in [0.29, 0.717) is 17.0 Å². The Hall–Kier alpha value is -1.53. The maximum atomic E-state index is 12.0. The number of aryl methyl sites for hydroxylation is 1. The molecule has 0 saturated carbocycles. The molecule has 0 spiro atoms. The van der Waals surface area contributed by atoms with Crippen LogP contribution in [0.3, 0.4) is 0 Å². The number of carbonyl (C=O) groups excluding carboxylic acids is 1. The number of nitrogens with zero attached hydrogens (tertiary/aromatic N) is 1. The van der Waals surface area contributed by atoms with Crippen LogP contribution in [0.15, 0.2) is 18.2 Å². The Labute approximate surface area is 106 Å². The number of amides is 1. The smallest absolute Gasteiger partial charge is 0.253 e. The van der Waals surface area contributed by atoms with Gasteiger partial charge in [0.2, 0.25) is 0 Å². The van der Waals surface area contributed by atoms with E-state index in [1.807, 2.05) is 19.9 Å². The largest absolute Gasteiger partial charge is 0.348 e. The lowest BCUT2D eigenvalue weighted by atomic mass is 10.1. The number of nitriles is 1. The van der Waals surface area contributed by atoms with Crippen molar-refractivity contribution in [2.75, 3.05) is 0 Å². The van der Waals surface area contributed by atoms with Crippen molar-refractivity contribution < 1.29 is 4.79 Å². The minimum Gasteiger partial charge on any atom is -0.348 e. The third kappa shape index (κ3) is 3.47. The highest BCUT2D eigenvalue weighted by Gasteiger charge is 2.15. The minimum absolute atomic E-state index is 0.121. The predicted octanol–water partition coefficient (Wildman–Crippen LogP) is 3.07. The van der Waals surface area contributed by atoms with Crippen molar-refractivity contribution in [3.05, 3.63) is 34.3 Å². The summed E-state index contributed by atoms with van der Waals surface area (Å²) >= 11 is 6.07. The maximum Gasteiger partial charge on any atom is 0.253 e. The summed E-state index contributed by atoms with van der Waals surface area (Å²) in [5, 5.41) is 11.9. The molecule has 3 nitrogen and oxygen atoms in total. The zero-order valence-corrected chi connectivity index (χ0v) is 10.7. The third-order valence-corrected chi connectivity index (χ3v) is 3.10. The van der Waals surface area contributed by atoms with Gasteiger partial charge in [-0.3, -0.25) is 4.79 Å². The summed E-state index contributed by atoms with van der Waals surface area (Å²) in [6.45, 7) is 3.78. The van der Waals surface area contributed by atoms with Gasteiger partial charge in [-0.25, -0.2) is 0 Å². The van der Waals surface area contributed by atoms with E-state index >= 15 is 0 Å². The maximum absolute atomic E-state index is 12.0. The summed E-state index contributed by atoms with van der Waals surface area (Å²) in [4.78, 5) is 12.0. The first-order valence-electron chi connectivity index (χ1n) is 5.53. The van der Waals surface area contributed by atoms with Crippen LogP contribution in [0.4, 0.5) is 0 Å². The second-order valence-electron chi connectivity index (χ2n) is 3.88. The molecular formula is C13H15ClN2O. The van der Waals surface area contributed by atoms with Crippen LogP contribution in [0.1, 0.15) is 35.7 Å². The molecular weight excluding hydrogens is 236 g/mol. The highest BCUT2D eigenvalue weighted by molar-refractivity contribution is 6.34. The van der Waals surface area contributed by atoms with E-state index in [1.165, 1.54) is 0 Å². The minimum atomic E-state index is -0.221. The zero-order valence-electron chi connectivity index (χ0n) is 9.96. The fraction of sp³-hybridized carbons (Fsp3) is 0.385. The van der Waals surface area contributed by atoms with Crippen molar-refractivity contribution in [1.29, 1.82) is 5.26 Å². The Bertz CT molecular complexity index is 451. The van der Waals surface area contributed by atoms with Crippen LogP contribution in [-0.4, -0.2) is 11.9 Å². The molecule has 0 aliphatic rings. The molecule has 1 aromatic carbocycles. The Balaban J connectivity index is 2.83. The third-order valence-electron chi connectivity index (χ3n) is 2.60. The van der Waals surface area contributed by atoms with Gasteiger partial charge < -0.3 is 5.32 Å². The van der Waals surface area contributed by atoms with Crippen molar-refractivity contribution >= 4 is 17.5 Å². The van der Waals surface area contributed by atoms with Gasteiger partial charge in [-0.05, 0) is 25.0 Å². The molecule has 0 aliphatic carbocycles. The zero-order chi connectivity index (χ0) is 12.8. The molecule has 17 heavy (non-hydrogen) atoms. The molecule has 4 heteroatoms. The van der Waals surface area contributed by atoms with Gasteiger partial charge in [0.05, 0.1) is 23.1 Å². The lowest BCUT2D eigenvalue weighted by molar-refractivity contribution is 0.0936. The van der Waals surface area contributed by atoms with Crippen LogP contribution in [-0.2, 0) is 0 Å². The van der Waals surface area contributed by atoms with Crippen molar-refractivity contribution in [1.82, 2.24) is 5.32 Å².